The zero-order valence-corrected chi connectivity index (χ0v) is 8.93. The van der Waals surface area contributed by atoms with Gasteiger partial charge in [-0.25, -0.2) is 4.79 Å². The molecule has 16 heavy (non-hydrogen) atoms. The molecule has 2 N–H and O–H groups in total. The number of nitrogens with one attached hydrogen (secondary N) is 1. The first kappa shape index (κ1) is 10.7. The Morgan fingerprint density at radius 2 is 2.31 bits per heavy atom. The summed E-state index contributed by atoms with van der Waals surface area (Å²) >= 11 is 0. The van der Waals surface area contributed by atoms with E-state index < -0.39 is 11.5 Å². The van der Waals surface area contributed by atoms with Crippen LogP contribution in [0.3, 0.4) is 0 Å². The average Bonchev–Trinajstić information content (AvgIpc) is 2.23. The summed E-state index contributed by atoms with van der Waals surface area (Å²) in [6, 6.07) is 0. The van der Waals surface area contributed by atoms with Crippen LogP contribution in [0.15, 0.2) is 12.4 Å². The lowest BCUT2D eigenvalue weighted by atomic mass is 9.77. The molecule has 0 spiro atoms. The second kappa shape index (κ2) is 3.96. The van der Waals surface area contributed by atoms with Gasteiger partial charge in [-0.05, 0) is 19.3 Å². The minimum absolute atomic E-state index is 0.366. The van der Waals surface area contributed by atoms with Crippen molar-refractivity contribution in [3.8, 4) is 5.88 Å². The topological polar surface area (TPSA) is 84.3 Å². The van der Waals surface area contributed by atoms with Gasteiger partial charge >= 0.3 is 5.97 Å². The van der Waals surface area contributed by atoms with Gasteiger partial charge in [-0.3, -0.25) is 4.98 Å². The van der Waals surface area contributed by atoms with Crippen molar-refractivity contribution in [2.24, 2.45) is 0 Å². The van der Waals surface area contributed by atoms with Gasteiger partial charge in [-0.15, -0.1) is 0 Å². The molecule has 86 valence electrons. The van der Waals surface area contributed by atoms with Crippen molar-refractivity contribution < 1.29 is 14.6 Å². The molecule has 0 unspecified atom stereocenters. The van der Waals surface area contributed by atoms with Crippen LogP contribution in [-0.4, -0.2) is 33.7 Å². The van der Waals surface area contributed by atoms with E-state index in [2.05, 4.69) is 15.3 Å². The smallest absolute Gasteiger partial charge is 0.329 e. The molecule has 1 saturated carbocycles. The van der Waals surface area contributed by atoms with Crippen LogP contribution in [0.2, 0.25) is 0 Å². The Hall–Kier alpha value is -1.85. The summed E-state index contributed by atoms with van der Waals surface area (Å²) in [6.07, 6.45) is 5.10. The van der Waals surface area contributed by atoms with Gasteiger partial charge in [0.2, 0.25) is 5.88 Å². The van der Waals surface area contributed by atoms with Gasteiger partial charge in [0.25, 0.3) is 0 Å². The Bertz CT molecular complexity index is 404. The molecule has 0 saturated heterocycles. The van der Waals surface area contributed by atoms with Crippen LogP contribution < -0.4 is 10.1 Å². The standard InChI is InChI=1S/C10H13N3O3/c1-16-8-6-11-5-7(12-8)13-10(9(14)15)3-2-4-10/h5-6H,2-4H2,1H3,(H,12,13)(H,14,15). The Kier molecular flexibility index (Phi) is 2.64. The molecule has 1 aliphatic carbocycles. The summed E-state index contributed by atoms with van der Waals surface area (Å²) in [5, 5.41) is 12.0. The fourth-order valence-corrected chi connectivity index (χ4v) is 1.67. The summed E-state index contributed by atoms with van der Waals surface area (Å²) in [5.41, 5.74) is -0.874. The number of carboxylic acid groups (broad SMARTS) is 1. The van der Waals surface area contributed by atoms with E-state index in [0.29, 0.717) is 24.5 Å². The van der Waals surface area contributed by atoms with Gasteiger partial charge in [0.1, 0.15) is 11.4 Å². The highest BCUT2D eigenvalue weighted by atomic mass is 16.5. The van der Waals surface area contributed by atoms with Crippen molar-refractivity contribution in [3.63, 3.8) is 0 Å². The van der Waals surface area contributed by atoms with Crippen LogP contribution in [0.4, 0.5) is 5.82 Å². The Morgan fingerprint density at radius 3 is 2.81 bits per heavy atom. The van der Waals surface area contributed by atoms with Gasteiger partial charge in [-0.2, -0.15) is 4.98 Å². The number of ether oxygens (including phenoxy) is 1. The number of carbonyl (C=O) groups is 1. The fourth-order valence-electron chi connectivity index (χ4n) is 1.67. The third-order valence-corrected chi connectivity index (χ3v) is 2.81. The zero-order valence-electron chi connectivity index (χ0n) is 8.93. The average molecular weight is 223 g/mol. The first-order chi connectivity index (χ1) is 7.66. The monoisotopic (exact) mass is 223 g/mol. The second-order valence-corrected chi connectivity index (χ2v) is 3.81. The molecule has 0 radical (unpaired) electrons. The lowest BCUT2D eigenvalue weighted by Gasteiger charge is -2.38. The van der Waals surface area contributed by atoms with Crippen molar-refractivity contribution in [3.05, 3.63) is 12.4 Å². The molecule has 0 atom stereocenters. The van der Waals surface area contributed by atoms with Crippen LogP contribution in [0.5, 0.6) is 5.88 Å². The van der Waals surface area contributed by atoms with Gasteiger partial charge in [0.05, 0.1) is 19.5 Å². The molecular formula is C10H13N3O3. The Labute approximate surface area is 92.7 Å². The van der Waals surface area contributed by atoms with E-state index in [9.17, 15) is 4.79 Å². The number of rotatable bonds is 4. The lowest BCUT2D eigenvalue weighted by molar-refractivity contribution is -0.145. The Morgan fingerprint density at radius 1 is 1.56 bits per heavy atom. The molecule has 0 aromatic carbocycles. The number of methoxy groups -OCH3 is 1. The van der Waals surface area contributed by atoms with Crippen LogP contribution in [0.25, 0.3) is 0 Å². The largest absolute Gasteiger partial charge is 0.480 e. The quantitative estimate of drug-likeness (QED) is 0.789. The zero-order chi connectivity index (χ0) is 11.6. The number of hydrogen-bond donors (Lipinski definition) is 2. The predicted molar refractivity (Wildman–Crippen MR) is 56.4 cm³/mol. The molecule has 1 fully saturated rings. The molecule has 0 bridgehead atoms. The molecule has 0 amide bonds. The molecule has 2 rings (SSSR count). The number of aromatic nitrogens is 2. The number of aliphatic carboxylic acids is 1. The van der Waals surface area contributed by atoms with Crippen molar-refractivity contribution in [1.29, 1.82) is 0 Å². The molecule has 1 aliphatic rings. The second-order valence-electron chi connectivity index (χ2n) is 3.81. The van der Waals surface area contributed by atoms with Gasteiger partial charge in [0, 0.05) is 0 Å². The van der Waals surface area contributed by atoms with Gasteiger partial charge in [-0.1, -0.05) is 0 Å². The predicted octanol–water partition coefficient (Wildman–Crippen LogP) is 0.904. The van der Waals surface area contributed by atoms with Gasteiger partial charge < -0.3 is 15.2 Å². The summed E-state index contributed by atoms with van der Waals surface area (Å²) in [7, 11) is 1.49. The van der Waals surface area contributed by atoms with Crippen LogP contribution in [-0.2, 0) is 4.79 Å². The van der Waals surface area contributed by atoms with E-state index >= 15 is 0 Å². The lowest BCUT2D eigenvalue weighted by Crippen LogP contribution is -2.52. The SMILES string of the molecule is COc1cncc(NC2(C(=O)O)CCC2)n1. The van der Waals surface area contributed by atoms with E-state index in [1.54, 1.807) is 0 Å². The molecule has 1 aromatic heterocycles. The fraction of sp³-hybridized carbons (Fsp3) is 0.500. The highest BCUT2D eigenvalue weighted by Crippen LogP contribution is 2.35. The third kappa shape index (κ3) is 1.78. The number of hydrogen-bond acceptors (Lipinski definition) is 5. The molecule has 1 aromatic rings. The van der Waals surface area contributed by atoms with Crippen molar-refractivity contribution in [2.75, 3.05) is 12.4 Å². The molecule has 6 nitrogen and oxygen atoms in total. The van der Waals surface area contributed by atoms with E-state index in [0.717, 1.165) is 6.42 Å². The van der Waals surface area contributed by atoms with E-state index in [1.807, 2.05) is 0 Å². The van der Waals surface area contributed by atoms with Crippen LogP contribution in [0, 0.1) is 0 Å². The van der Waals surface area contributed by atoms with E-state index in [1.165, 1.54) is 19.5 Å². The first-order valence-electron chi connectivity index (χ1n) is 5.04. The van der Waals surface area contributed by atoms with Crippen molar-refractivity contribution in [1.82, 2.24) is 9.97 Å². The summed E-state index contributed by atoms with van der Waals surface area (Å²) < 4.78 is 4.92. The first-order valence-corrected chi connectivity index (χ1v) is 5.04. The molecule has 1 heterocycles. The summed E-state index contributed by atoms with van der Waals surface area (Å²) in [5.74, 6) is -0.0466. The summed E-state index contributed by atoms with van der Waals surface area (Å²) in [4.78, 5) is 19.1. The van der Waals surface area contributed by atoms with E-state index in [4.69, 9.17) is 9.84 Å². The minimum atomic E-state index is -0.874. The molecular weight excluding hydrogens is 210 g/mol. The number of nitrogens with zero attached hydrogens (tertiary/aromatic N) is 2. The maximum atomic E-state index is 11.1. The highest BCUT2D eigenvalue weighted by Gasteiger charge is 2.44. The number of carboxylic acids is 1. The molecule has 6 heteroatoms. The Balaban J connectivity index is 2.16. The normalized spacial score (nSPS) is 17.3. The summed E-state index contributed by atoms with van der Waals surface area (Å²) in [6.45, 7) is 0. The maximum Gasteiger partial charge on any atom is 0.329 e. The van der Waals surface area contributed by atoms with Crippen molar-refractivity contribution >= 4 is 11.8 Å². The number of anilines is 1. The minimum Gasteiger partial charge on any atom is -0.480 e. The third-order valence-electron chi connectivity index (χ3n) is 2.81. The molecule has 0 aliphatic heterocycles. The van der Waals surface area contributed by atoms with Gasteiger partial charge in [0.15, 0.2) is 0 Å². The van der Waals surface area contributed by atoms with Crippen molar-refractivity contribution in [2.45, 2.75) is 24.8 Å². The highest BCUT2D eigenvalue weighted by molar-refractivity contribution is 5.83. The van der Waals surface area contributed by atoms with E-state index in [-0.39, 0.29) is 0 Å². The maximum absolute atomic E-state index is 11.1. The van der Waals surface area contributed by atoms with Crippen LogP contribution in [0.1, 0.15) is 19.3 Å². The van der Waals surface area contributed by atoms with Crippen LogP contribution >= 0.6 is 0 Å².